The molecule has 1 amide bonds. The summed E-state index contributed by atoms with van der Waals surface area (Å²) in [5, 5.41) is 12.6. The van der Waals surface area contributed by atoms with Gasteiger partial charge in [0.05, 0.1) is 17.1 Å². The second-order valence-electron chi connectivity index (χ2n) is 8.34. The molecule has 0 spiro atoms. The van der Waals surface area contributed by atoms with Gasteiger partial charge in [-0.05, 0) is 74.9 Å². The molecule has 0 unspecified atom stereocenters. The van der Waals surface area contributed by atoms with E-state index in [2.05, 4.69) is 10.4 Å². The fourth-order valence-electron chi connectivity index (χ4n) is 4.86. The summed E-state index contributed by atoms with van der Waals surface area (Å²) in [6, 6.07) is 16.1. The predicted molar refractivity (Wildman–Crippen MR) is 119 cm³/mol. The summed E-state index contributed by atoms with van der Waals surface area (Å²) < 4.78 is 17.0. The second-order valence-corrected chi connectivity index (χ2v) is 8.34. The first-order valence-corrected chi connectivity index (χ1v) is 11.0. The van der Waals surface area contributed by atoms with Crippen LogP contribution < -0.4 is 5.32 Å². The molecule has 7 heteroatoms. The Labute approximate surface area is 184 Å². The van der Waals surface area contributed by atoms with Crippen molar-refractivity contribution in [3.8, 4) is 11.4 Å². The molecule has 32 heavy (non-hydrogen) atoms. The number of nitrogens with zero attached hydrogens (tertiary/aromatic N) is 4. The van der Waals surface area contributed by atoms with Crippen LogP contribution in [0.15, 0.2) is 54.6 Å². The van der Waals surface area contributed by atoms with Crippen LogP contribution in [0.3, 0.4) is 0 Å². The van der Waals surface area contributed by atoms with Gasteiger partial charge in [0.1, 0.15) is 11.6 Å². The number of aryl methyl sites for hydroxylation is 1. The number of amides is 1. The van der Waals surface area contributed by atoms with Gasteiger partial charge < -0.3 is 5.32 Å². The van der Waals surface area contributed by atoms with Crippen molar-refractivity contribution in [1.82, 2.24) is 19.6 Å². The van der Waals surface area contributed by atoms with Crippen LogP contribution in [0.4, 0.5) is 10.2 Å². The Hall–Kier alpha value is -3.74. The lowest BCUT2D eigenvalue weighted by atomic mass is 10.2. The number of rotatable bonds is 4. The minimum Gasteiger partial charge on any atom is -0.305 e. The molecule has 1 N–H and O–H groups in total. The maximum atomic E-state index is 13.5. The topological polar surface area (TPSA) is 64.7 Å². The standard InChI is InChI=1S/C25H22FN5O/c26-16-12-14-18(15-13-16)30-22-11-5-9-20(22)23(29-30)25(32)27-24-19-8-4-10-21(19)28-31(24)17-6-2-1-3-7-17/h1-3,6-7,12-15H,4-5,8-11H2,(H,27,32). The van der Waals surface area contributed by atoms with E-state index >= 15 is 0 Å². The summed E-state index contributed by atoms with van der Waals surface area (Å²) in [6.07, 6.45) is 5.52. The van der Waals surface area contributed by atoms with E-state index in [0.717, 1.165) is 78.2 Å². The van der Waals surface area contributed by atoms with Crippen molar-refractivity contribution in [2.45, 2.75) is 38.5 Å². The number of hydrogen-bond donors (Lipinski definition) is 1. The van der Waals surface area contributed by atoms with E-state index in [0.29, 0.717) is 5.69 Å². The van der Waals surface area contributed by atoms with Gasteiger partial charge in [0, 0.05) is 16.8 Å². The molecule has 0 fully saturated rings. The molecule has 2 aliphatic rings. The quantitative estimate of drug-likeness (QED) is 0.524. The third-order valence-electron chi connectivity index (χ3n) is 6.36. The average molecular weight is 427 g/mol. The number of halogens is 1. The Bertz CT molecular complexity index is 1320. The first-order valence-electron chi connectivity index (χ1n) is 11.0. The first-order chi connectivity index (χ1) is 15.7. The number of fused-ring (bicyclic) bond motifs is 2. The predicted octanol–water partition coefficient (Wildman–Crippen LogP) is 4.43. The Balaban J connectivity index is 1.39. The lowest BCUT2D eigenvalue weighted by Gasteiger charge is -2.11. The molecule has 2 aliphatic carbocycles. The SMILES string of the molecule is O=C(Nc1c2c(nn1-c1ccccc1)CCC2)c1nn(-c2ccc(F)cc2)c2c1CCC2. The lowest BCUT2D eigenvalue weighted by molar-refractivity contribution is 0.102. The summed E-state index contributed by atoms with van der Waals surface area (Å²) in [5.74, 6) is 0.214. The Morgan fingerprint density at radius 3 is 2.34 bits per heavy atom. The molecular formula is C25H22FN5O. The molecule has 0 saturated carbocycles. The largest absolute Gasteiger partial charge is 0.305 e. The second kappa shape index (κ2) is 7.44. The van der Waals surface area contributed by atoms with Crippen molar-refractivity contribution in [2.24, 2.45) is 0 Å². The average Bonchev–Trinajstić information content (AvgIpc) is 3.57. The van der Waals surface area contributed by atoms with Gasteiger partial charge in [-0.25, -0.2) is 13.8 Å². The third kappa shape index (κ3) is 3.04. The summed E-state index contributed by atoms with van der Waals surface area (Å²) >= 11 is 0. The van der Waals surface area contributed by atoms with E-state index in [1.807, 2.05) is 35.0 Å². The van der Waals surface area contributed by atoms with E-state index in [1.54, 1.807) is 16.8 Å². The summed E-state index contributed by atoms with van der Waals surface area (Å²) in [5.41, 5.74) is 6.29. The van der Waals surface area contributed by atoms with Crippen LogP contribution in [-0.2, 0) is 25.7 Å². The smallest absolute Gasteiger partial charge is 0.277 e. The Morgan fingerprint density at radius 2 is 1.53 bits per heavy atom. The van der Waals surface area contributed by atoms with Crippen LogP contribution in [0.2, 0.25) is 0 Å². The van der Waals surface area contributed by atoms with Crippen molar-refractivity contribution in [3.05, 3.63) is 88.6 Å². The third-order valence-corrected chi connectivity index (χ3v) is 6.36. The molecule has 0 bridgehead atoms. The van der Waals surface area contributed by atoms with E-state index in [4.69, 9.17) is 5.10 Å². The van der Waals surface area contributed by atoms with Gasteiger partial charge in [-0.2, -0.15) is 10.2 Å². The van der Waals surface area contributed by atoms with Gasteiger partial charge in [0.2, 0.25) is 0 Å². The molecule has 2 aromatic heterocycles. The number of nitrogens with one attached hydrogen (secondary N) is 1. The molecule has 2 aromatic carbocycles. The molecule has 160 valence electrons. The Kier molecular flexibility index (Phi) is 4.41. The summed E-state index contributed by atoms with van der Waals surface area (Å²) in [4.78, 5) is 13.5. The zero-order valence-corrected chi connectivity index (χ0v) is 17.5. The monoisotopic (exact) mass is 427 g/mol. The molecule has 6 rings (SSSR count). The number of carbonyl (C=O) groups excluding carboxylic acids is 1. The van der Waals surface area contributed by atoms with Crippen LogP contribution in [0.25, 0.3) is 11.4 Å². The highest BCUT2D eigenvalue weighted by Crippen LogP contribution is 2.33. The lowest BCUT2D eigenvalue weighted by Crippen LogP contribution is -2.18. The van der Waals surface area contributed by atoms with Gasteiger partial charge in [-0.1, -0.05) is 18.2 Å². The zero-order chi connectivity index (χ0) is 21.7. The number of hydrogen-bond acceptors (Lipinski definition) is 3. The van der Waals surface area contributed by atoms with Crippen molar-refractivity contribution in [2.75, 3.05) is 5.32 Å². The van der Waals surface area contributed by atoms with Gasteiger partial charge in [0.25, 0.3) is 5.91 Å². The summed E-state index contributed by atoms with van der Waals surface area (Å²) in [6.45, 7) is 0. The molecule has 0 aliphatic heterocycles. The van der Waals surface area contributed by atoms with Crippen molar-refractivity contribution in [3.63, 3.8) is 0 Å². The minimum atomic E-state index is -0.293. The molecule has 4 aromatic rings. The van der Waals surface area contributed by atoms with E-state index < -0.39 is 0 Å². The van der Waals surface area contributed by atoms with Crippen LogP contribution in [0.5, 0.6) is 0 Å². The van der Waals surface area contributed by atoms with Gasteiger partial charge in [-0.3, -0.25) is 4.79 Å². The number of anilines is 1. The molecule has 0 atom stereocenters. The van der Waals surface area contributed by atoms with Crippen LogP contribution in [0, 0.1) is 5.82 Å². The van der Waals surface area contributed by atoms with Gasteiger partial charge >= 0.3 is 0 Å². The molecular weight excluding hydrogens is 405 g/mol. The highest BCUT2D eigenvalue weighted by molar-refractivity contribution is 6.04. The van der Waals surface area contributed by atoms with E-state index in [1.165, 1.54) is 12.1 Å². The number of para-hydroxylation sites is 1. The Morgan fingerprint density at radius 1 is 0.812 bits per heavy atom. The van der Waals surface area contributed by atoms with Crippen LogP contribution >= 0.6 is 0 Å². The maximum Gasteiger partial charge on any atom is 0.277 e. The highest BCUT2D eigenvalue weighted by atomic mass is 19.1. The highest BCUT2D eigenvalue weighted by Gasteiger charge is 2.30. The summed E-state index contributed by atoms with van der Waals surface area (Å²) in [7, 11) is 0. The van der Waals surface area contributed by atoms with Crippen molar-refractivity contribution in [1.29, 1.82) is 0 Å². The number of aromatic nitrogens is 4. The normalized spacial score (nSPS) is 14.4. The maximum absolute atomic E-state index is 13.5. The number of carbonyl (C=O) groups is 1. The molecule has 0 saturated heterocycles. The van der Waals surface area contributed by atoms with E-state index in [9.17, 15) is 9.18 Å². The minimum absolute atomic E-state index is 0.226. The molecule has 0 radical (unpaired) electrons. The molecule has 6 nitrogen and oxygen atoms in total. The van der Waals surface area contributed by atoms with Crippen molar-refractivity contribution >= 4 is 11.7 Å². The van der Waals surface area contributed by atoms with Gasteiger partial charge in [-0.15, -0.1) is 0 Å². The first kappa shape index (κ1) is 19.0. The van der Waals surface area contributed by atoms with Gasteiger partial charge in [0.15, 0.2) is 5.69 Å². The van der Waals surface area contributed by atoms with Crippen molar-refractivity contribution < 1.29 is 9.18 Å². The van der Waals surface area contributed by atoms with E-state index in [-0.39, 0.29) is 11.7 Å². The van der Waals surface area contributed by atoms with Crippen LogP contribution in [0.1, 0.15) is 45.8 Å². The fourth-order valence-corrected chi connectivity index (χ4v) is 4.86. The van der Waals surface area contributed by atoms with Crippen LogP contribution in [-0.4, -0.2) is 25.5 Å². The zero-order valence-electron chi connectivity index (χ0n) is 17.5. The fraction of sp³-hybridized carbons (Fsp3) is 0.240. The number of benzene rings is 2. The molecule has 2 heterocycles.